The number of rotatable bonds is 6. The highest BCUT2D eigenvalue weighted by molar-refractivity contribution is 6.30. The van der Waals surface area contributed by atoms with Crippen molar-refractivity contribution in [3.05, 3.63) is 47.0 Å². The lowest BCUT2D eigenvalue weighted by Crippen LogP contribution is -2.14. The zero-order valence-corrected chi connectivity index (χ0v) is 11.8. The molecule has 0 bridgehead atoms. The molecule has 0 atom stereocenters. The fraction of sp³-hybridized carbons (Fsp3) is 0.286. The van der Waals surface area contributed by atoms with E-state index in [4.69, 9.17) is 16.3 Å². The molecule has 1 N–H and O–H groups in total. The summed E-state index contributed by atoms with van der Waals surface area (Å²) >= 11 is 5.60. The van der Waals surface area contributed by atoms with Crippen LogP contribution in [0, 0.1) is 5.82 Å². The minimum atomic E-state index is -0.537. The summed E-state index contributed by atoms with van der Waals surface area (Å²) in [6.07, 6.45) is 4.43. The van der Waals surface area contributed by atoms with Crippen molar-refractivity contribution in [2.24, 2.45) is 0 Å². The molecule has 0 aliphatic rings. The average molecular weight is 296 g/mol. The van der Waals surface area contributed by atoms with Crippen LogP contribution in [0.4, 0.5) is 4.39 Å². The molecule has 0 fully saturated rings. The van der Waals surface area contributed by atoms with Crippen molar-refractivity contribution in [3.63, 3.8) is 0 Å². The summed E-state index contributed by atoms with van der Waals surface area (Å²) in [4.78, 5) is 8.15. The molecular formula is C14H15ClFN3O. The van der Waals surface area contributed by atoms with E-state index in [1.807, 2.05) is 0 Å². The van der Waals surface area contributed by atoms with Crippen LogP contribution < -0.4 is 10.1 Å². The molecule has 1 aromatic carbocycles. The topological polar surface area (TPSA) is 47.0 Å². The van der Waals surface area contributed by atoms with Crippen LogP contribution in [0.15, 0.2) is 30.6 Å². The molecule has 4 nitrogen and oxygen atoms in total. The summed E-state index contributed by atoms with van der Waals surface area (Å²) < 4.78 is 18.6. The molecule has 106 valence electrons. The summed E-state index contributed by atoms with van der Waals surface area (Å²) in [7, 11) is 0. The van der Waals surface area contributed by atoms with Crippen LogP contribution in [-0.2, 0) is 6.54 Å². The summed E-state index contributed by atoms with van der Waals surface area (Å²) in [6, 6.07) is 4.36. The maximum Gasteiger partial charge on any atom is 0.321 e. The average Bonchev–Trinajstić information content (AvgIpc) is 2.45. The van der Waals surface area contributed by atoms with Gasteiger partial charge in [-0.3, -0.25) is 0 Å². The molecule has 1 heterocycles. The number of nitrogens with zero attached hydrogens (tertiary/aromatic N) is 2. The Morgan fingerprint density at radius 2 is 2.05 bits per heavy atom. The Kier molecular flexibility index (Phi) is 5.26. The lowest BCUT2D eigenvalue weighted by atomic mass is 10.3. The molecule has 6 heteroatoms. The SMILES string of the molecule is CCCNCc1cnc(Oc2ccc(Cl)c(F)c2)nc1. The summed E-state index contributed by atoms with van der Waals surface area (Å²) in [6.45, 7) is 3.76. The maximum absolute atomic E-state index is 13.3. The van der Waals surface area contributed by atoms with Gasteiger partial charge in [0.2, 0.25) is 0 Å². The molecule has 0 amide bonds. The third-order valence-electron chi connectivity index (χ3n) is 2.54. The fourth-order valence-electron chi connectivity index (χ4n) is 1.54. The van der Waals surface area contributed by atoms with E-state index in [1.54, 1.807) is 18.5 Å². The number of halogens is 2. The van der Waals surface area contributed by atoms with E-state index in [0.717, 1.165) is 18.5 Å². The Hall–Kier alpha value is -1.72. The highest BCUT2D eigenvalue weighted by Crippen LogP contribution is 2.23. The van der Waals surface area contributed by atoms with E-state index in [-0.39, 0.29) is 11.0 Å². The Balaban J connectivity index is 1.97. The Bertz CT molecular complexity index is 563. The lowest BCUT2D eigenvalue weighted by Gasteiger charge is -2.06. The van der Waals surface area contributed by atoms with Crippen molar-refractivity contribution >= 4 is 11.6 Å². The number of nitrogens with one attached hydrogen (secondary N) is 1. The normalized spacial score (nSPS) is 10.6. The van der Waals surface area contributed by atoms with Crippen LogP contribution in [0.25, 0.3) is 0 Å². The number of hydrogen-bond acceptors (Lipinski definition) is 4. The van der Waals surface area contributed by atoms with Crippen LogP contribution in [0.5, 0.6) is 11.8 Å². The lowest BCUT2D eigenvalue weighted by molar-refractivity contribution is 0.437. The third kappa shape index (κ3) is 4.15. The second-order valence-corrected chi connectivity index (χ2v) is 4.64. The molecule has 0 radical (unpaired) electrons. The van der Waals surface area contributed by atoms with Gasteiger partial charge in [0.15, 0.2) is 0 Å². The predicted octanol–water partition coefficient (Wildman–Crippen LogP) is 3.56. The van der Waals surface area contributed by atoms with Crippen LogP contribution >= 0.6 is 11.6 Å². The van der Waals surface area contributed by atoms with Gasteiger partial charge in [-0.1, -0.05) is 18.5 Å². The van der Waals surface area contributed by atoms with Gasteiger partial charge >= 0.3 is 6.01 Å². The zero-order valence-electron chi connectivity index (χ0n) is 11.1. The van der Waals surface area contributed by atoms with Gasteiger partial charge in [-0.15, -0.1) is 0 Å². The molecule has 0 unspecified atom stereocenters. The van der Waals surface area contributed by atoms with Crippen molar-refractivity contribution in [3.8, 4) is 11.8 Å². The first-order chi connectivity index (χ1) is 9.69. The van der Waals surface area contributed by atoms with Gasteiger partial charge in [0.05, 0.1) is 5.02 Å². The van der Waals surface area contributed by atoms with E-state index >= 15 is 0 Å². The molecule has 2 aromatic rings. The monoisotopic (exact) mass is 295 g/mol. The third-order valence-corrected chi connectivity index (χ3v) is 2.84. The first-order valence-corrected chi connectivity index (χ1v) is 6.71. The van der Waals surface area contributed by atoms with E-state index in [0.29, 0.717) is 12.3 Å². The fourth-order valence-corrected chi connectivity index (χ4v) is 1.66. The number of benzene rings is 1. The van der Waals surface area contributed by atoms with E-state index in [1.165, 1.54) is 12.1 Å². The van der Waals surface area contributed by atoms with Crippen molar-refractivity contribution in [2.75, 3.05) is 6.54 Å². The number of ether oxygens (including phenoxy) is 1. The van der Waals surface area contributed by atoms with Crippen LogP contribution in [0.2, 0.25) is 5.02 Å². The minimum absolute atomic E-state index is 0.0515. The smallest absolute Gasteiger partial charge is 0.321 e. The second-order valence-electron chi connectivity index (χ2n) is 4.23. The molecule has 0 aliphatic heterocycles. The second kappa shape index (κ2) is 7.17. The van der Waals surface area contributed by atoms with Crippen molar-refractivity contribution < 1.29 is 9.13 Å². The van der Waals surface area contributed by atoms with Gasteiger partial charge in [0.25, 0.3) is 0 Å². The van der Waals surface area contributed by atoms with Gasteiger partial charge in [0, 0.05) is 30.6 Å². The van der Waals surface area contributed by atoms with Gasteiger partial charge in [0.1, 0.15) is 11.6 Å². The number of aromatic nitrogens is 2. The first-order valence-electron chi connectivity index (χ1n) is 6.33. The summed E-state index contributed by atoms with van der Waals surface area (Å²) in [5, 5.41) is 3.30. The maximum atomic E-state index is 13.3. The largest absolute Gasteiger partial charge is 0.424 e. The first kappa shape index (κ1) is 14.7. The number of hydrogen-bond donors (Lipinski definition) is 1. The molecule has 2 rings (SSSR count). The summed E-state index contributed by atoms with van der Waals surface area (Å²) in [5.74, 6) is -0.228. The van der Waals surface area contributed by atoms with Gasteiger partial charge in [-0.25, -0.2) is 14.4 Å². The quantitative estimate of drug-likeness (QED) is 0.828. The predicted molar refractivity (Wildman–Crippen MR) is 75.5 cm³/mol. The molecule has 20 heavy (non-hydrogen) atoms. The Labute approximate surface area is 122 Å². The van der Waals surface area contributed by atoms with E-state index < -0.39 is 5.82 Å². The van der Waals surface area contributed by atoms with Crippen LogP contribution in [0.3, 0.4) is 0 Å². The molecule has 0 aliphatic carbocycles. The zero-order chi connectivity index (χ0) is 14.4. The Morgan fingerprint density at radius 3 is 2.70 bits per heavy atom. The molecule has 1 aromatic heterocycles. The minimum Gasteiger partial charge on any atom is -0.424 e. The van der Waals surface area contributed by atoms with Gasteiger partial charge in [-0.05, 0) is 25.1 Å². The van der Waals surface area contributed by atoms with Crippen molar-refractivity contribution in [1.82, 2.24) is 15.3 Å². The van der Waals surface area contributed by atoms with E-state index in [9.17, 15) is 4.39 Å². The highest BCUT2D eigenvalue weighted by Gasteiger charge is 2.05. The standard InChI is InChI=1S/C14H15ClFN3O/c1-2-5-17-7-10-8-18-14(19-9-10)20-11-3-4-12(15)13(16)6-11/h3-4,6,8-9,17H,2,5,7H2,1H3. The molecule has 0 saturated carbocycles. The summed E-state index contributed by atoms with van der Waals surface area (Å²) in [5.41, 5.74) is 0.966. The van der Waals surface area contributed by atoms with Crippen LogP contribution in [0.1, 0.15) is 18.9 Å². The van der Waals surface area contributed by atoms with Crippen LogP contribution in [-0.4, -0.2) is 16.5 Å². The Morgan fingerprint density at radius 1 is 1.30 bits per heavy atom. The van der Waals surface area contributed by atoms with Gasteiger partial charge in [-0.2, -0.15) is 0 Å². The highest BCUT2D eigenvalue weighted by atomic mass is 35.5. The molecule has 0 spiro atoms. The van der Waals surface area contributed by atoms with Crippen molar-refractivity contribution in [2.45, 2.75) is 19.9 Å². The van der Waals surface area contributed by atoms with Crippen molar-refractivity contribution in [1.29, 1.82) is 0 Å². The van der Waals surface area contributed by atoms with Gasteiger partial charge < -0.3 is 10.1 Å². The molecular weight excluding hydrogens is 281 g/mol. The van der Waals surface area contributed by atoms with E-state index in [2.05, 4.69) is 22.2 Å². The molecule has 0 saturated heterocycles.